The Bertz CT molecular complexity index is 344. The molecule has 5 heteroatoms. The highest BCUT2D eigenvalue weighted by molar-refractivity contribution is 5.04. The van der Waals surface area contributed by atoms with Gasteiger partial charge in [-0.05, 0) is 27.7 Å². The standard InChI is InChI=1S/C13H25N3O2/c1-10(7-15-13(2,3)4)14-8-11-6-12(9-17-5)18-16-11/h6,10,14-15H,7-9H2,1-5H3. The summed E-state index contributed by atoms with van der Waals surface area (Å²) in [5, 5.41) is 10.8. The third-order valence-corrected chi connectivity index (χ3v) is 2.46. The lowest BCUT2D eigenvalue weighted by Crippen LogP contribution is -2.44. The number of aromatic nitrogens is 1. The minimum Gasteiger partial charge on any atom is -0.377 e. The summed E-state index contributed by atoms with van der Waals surface area (Å²) in [7, 11) is 1.64. The van der Waals surface area contributed by atoms with Crippen LogP contribution in [0.3, 0.4) is 0 Å². The lowest BCUT2D eigenvalue weighted by Gasteiger charge is -2.23. The Hall–Kier alpha value is -0.910. The van der Waals surface area contributed by atoms with E-state index in [9.17, 15) is 0 Å². The van der Waals surface area contributed by atoms with Crippen LogP contribution in [0.25, 0.3) is 0 Å². The van der Waals surface area contributed by atoms with Gasteiger partial charge in [0, 0.05) is 37.8 Å². The lowest BCUT2D eigenvalue weighted by atomic mass is 10.1. The topological polar surface area (TPSA) is 59.3 Å². The fourth-order valence-corrected chi connectivity index (χ4v) is 1.46. The average molecular weight is 255 g/mol. The number of nitrogens with one attached hydrogen (secondary N) is 2. The first kappa shape index (κ1) is 15.1. The molecule has 0 aliphatic rings. The van der Waals surface area contributed by atoms with Crippen LogP contribution in [0, 0.1) is 0 Å². The van der Waals surface area contributed by atoms with Gasteiger partial charge in [-0.3, -0.25) is 0 Å². The molecule has 0 saturated carbocycles. The van der Waals surface area contributed by atoms with Gasteiger partial charge in [0.05, 0.1) is 5.69 Å². The SMILES string of the molecule is COCc1cc(CNC(C)CNC(C)(C)C)no1. The van der Waals surface area contributed by atoms with E-state index in [0.29, 0.717) is 19.2 Å². The van der Waals surface area contributed by atoms with Gasteiger partial charge in [-0.15, -0.1) is 0 Å². The highest BCUT2D eigenvalue weighted by Crippen LogP contribution is 2.05. The molecule has 0 aliphatic heterocycles. The second-order valence-electron chi connectivity index (χ2n) is 5.63. The third-order valence-electron chi connectivity index (χ3n) is 2.46. The van der Waals surface area contributed by atoms with E-state index < -0.39 is 0 Å². The predicted molar refractivity (Wildman–Crippen MR) is 71.3 cm³/mol. The number of nitrogens with zero attached hydrogens (tertiary/aromatic N) is 1. The van der Waals surface area contributed by atoms with Crippen molar-refractivity contribution >= 4 is 0 Å². The maximum absolute atomic E-state index is 5.12. The first-order valence-corrected chi connectivity index (χ1v) is 6.32. The van der Waals surface area contributed by atoms with Crippen LogP contribution >= 0.6 is 0 Å². The molecule has 1 aromatic rings. The molecule has 0 spiro atoms. The summed E-state index contributed by atoms with van der Waals surface area (Å²) in [4.78, 5) is 0. The zero-order valence-corrected chi connectivity index (χ0v) is 12.0. The molecule has 2 N–H and O–H groups in total. The normalized spacial score (nSPS) is 13.8. The molecule has 1 aromatic heterocycles. The van der Waals surface area contributed by atoms with Gasteiger partial charge in [0.1, 0.15) is 6.61 Å². The van der Waals surface area contributed by atoms with Crippen LogP contribution < -0.4 is 10.6 Å². The molecular weight excluding hydrogens is 230 g/mol. The maximum Gasteiger partial charge on any atom is 0.162 e. The van der Waals surface area contributed by atoms with Crippen LogP contribution in [0.5, 0.6) is 0 Å². The molecule has 1 heterocycles. The van der Waals surface area contributed by atoms with Gasteiger partial charge >= 0.3 is 0 Å². The number of rotatable bonds is 7. The van der Waals surface area contributed by atoms with E-state index in [1.807, 2.05) is 6.07 Å². The number of hydrogen-bond acceptors (Lipinski definition) is 5. The highest BCUT2D eigenvalue weighted by atomic mass is 16.5. The van der Waals surface area contributed by atoms with Crippen molar-refractivity contribution in [3.05, 3.63) is 17.5 Å². The summed E-state index contributed by atoms with van der Waals surface area (Å²) in [6.45, 7) is 10.7. The van der Waals surface area contributed by atoms with Gasteiger partial charge in [-0.25, -0.2) is 0 Å². The summed E-state index contributed by atoms with van der Waals surface area (Å²) in [6.07, 6.45) is 0. The highest BCUT2D eigenvalue weighted by Gasteiger charge is 2.11. The Kier molecular flexibility index (Phi) is 5.78. The minimum atomic E-state index is 0.148. The second-order valence-corrected chi connectivity index (χ2v) is 5.63. The van der Waals surface area contributed by atoms with E-state index in [1.54, 1.807) is 7.11 Å². The summed E-state index contributed by atoms with van der Waals surface area (Å²) < 4.78 is 10.1. The van der Waals surface area contributed by atoms with Gasteiger partial charge in [-0.2, -0.15) is 0 Å². The Balaban J connectivity index is 2.26. The fraction of sp³-hybridized carbons (Fsp3) is 0.769. The molecule has 0 aliphatic carbocycles. The molecule has 0 fully saturated rings. The van der Waals surface area contributed by atoms with Crippen molar-refractivity contribution in [1.82, 2.24) is 15.8 Å². The molecule has 0 bridgehead atoms. The smallest absolute Gasteiger partial charge is 0.162 e. The first-order valence-electron chi connectivity index (χ1n) is 6.32. The molecule has 1 unspecified atom stereocenters. The van der Waals surface area contributed by atoms with Crippen LogP contribution in [0.4, 0.5) is 0 Å². The average Bonchev–Trinajstić information content (AvgIpc) is 2.71. The van der Waals surface area contributed by atoms with E-state index in [-0.39, 0.29) is 5.54 Å². The monoisotopic (exact) mass is 255 g/mol. The van der Waals surface area contributed by atoms with Crippen LogP contribution in [0.1, 0.15) is 39.1 Å². The Labute approximate surface area is 109 Å². The zero-order valence-electron chi connectivity index (χ0n) is 12.0. The fourth-order valence-electron chi connectivity index (χ4n) is 1.46. The molecule has 104 valence electrons. The van der Waals surface area contributed by atoms with Gasteiger partial charge in [0.25, 0.3) is 0 Å². The summed E-state index contributed by atoms with van der Waals surface area (Å²) >= 11 is 0. The minimum absolute atomic E-state index is 0.148. The molecule has 0 aromatic carbocycles. The second kappa shape index (κ2) is 6.87. The molecule has 1 atom stereocenters. The van der Waals surface area contributed by atoms with Crippen LogP contribution in [-0.2, 0) is 17.9 Å². The van der Waals surface area contributed by atoms with Gasteiger partial charge in [0.2, 0.25) is 0 Å². The van der Waals surface area contributed by atoms with Crippen molar-refractivity contribution in [3.63, 3.8) is 0 Å². The maximum atomic E-state index is 5.12. The largest absolute Gasteiger partial charge is 0.377 e. The van der Waals surface area contributed by atoms with E-state index in [1.165, 1.54) is 0 Å². The number of ether oxygens (including phenoxy) is 1. The van der Waals surface area contributed by atoms with Crippen molar-refractivity contribution in [2.75, 3.05) is 13.7 Å². The molecular formula is C13H25N3O2. The quantitative estimate of drug-likeness (QED) is 0.776. The van der Waals surface area contributed by atoms with Crippen molar-refractivity contribution < 1.29 is 9.26 Å². The van der Waals surface area contributed by atoms with Crippen molar-refractivity contribution in [1.29, 1.82) is 0 Å². The molecule has 1 rings (SSSR count). The summed E-state index contributed by atoms with van der Waals surface area (Å²) in [5.74, 6) is 0.759. The van der Waals surface area contributed by atoms with E-state index in [4.69, 9.17) is 9.26 Å². The van der Waals surface area contributed by atoms with E-state index in [0.717, 1.165) is 18.0 Å². The van der Waals surface area contributed by atoms with Gasteiger partial charge in [-0.1, -0.05) is 5.16 Å². The first-order chi connectivity index (χ1) is 8.40. The van der Waals surface area contributed by atoms with E-state index in [2.05, 4.69) is 43.5 Å². The van der Waals surface area contributed by atoms with Crippen molar-refractivity contribution in [3.8, 4) is 0 Å². The van der Waals surface area contributed by atoms with Crippen molar-refractivity contribution in [2.24, 2.45) is 0 Å². The molecule has 5 nitrogen and oxygen atoms in total. The van der Waals surface area contributed by atoms with Crippen LogP contribution in [0.2, 0.25) is 0 Å². The van der Waals surface area contributed by atoms with Gasteiger partial charge < -0.3 is 19.9 Å². The molecule has 0 amide bonds. The molecule has 0 radical (unpaired) electrons. The third kappa shape index (κ3) is 6.14. The Morgan fingerprint density at radius 3 is 2.78 bits per heavy atom. The van der Waals surface area contributed by atoms with Crippen LogP contribution in [0.15, 0.2) is 10.6 Å². The molecule has 0 saturated heterocycles. The lowest BCUT2D eigenvalue weighted by molar-refractivity contribution is 0.155. The molecule has 18 heavy (non-hydrogen) atoms. The van der Waals surface area contributed by atoms with Crippen molar-refractivity contribution in [2.45, 2.75) is 52.4 Å². The number of methoxy groups -OCH3 is 1. The van der Waals surface area contributed by atoms with E-state index >= 15 is 0 Å². The van der Waals surface area contributed by atoms with Crippen LogP contribution in [-0.4, -0.2) is 30.4 Å². The summed E-state index contributed by atoms with van der Waals surface area (Å²) in [6, 6.07) is 2.30. The number of hydrogen-bond donors (Lipinski definition) is 2. The zero-order chi connectivity index (χ0) is 13.6. The summed E-state index contributed by atoms with van der Waals surface area (Å²) in [5.41, 5.74) is 1.06. The predicted octanol–water partition coefficient (Wildman–Crippen LogP) is 1.69. The Morgan fingerprint density at radius 1 is 1.44 bits per heavy atom. The Morgan fingerprint density at radius 2 is 2.17 bits per heavy atom. The van der Waals surface area contributed by atoms with Gasteiger partial charge in [0.15, 0.2) is 5.76 Å².